The molecule has 0 spiro atoms. The van der Waals surface area contributed by atoms with E-state index >= 15 is 0 Å². The first kappa shape index (κ1) is 19.3. The summed E-state index contributed by atoms with van der Waals surface area (Å²) < 4.78 is 10.8. The Morgan fingerprint density at radius 1 is 1.26 bits per heavy atom. The highest BCUT2D eigenvalue weighted by Crippen LogP contribution is 2.21. The fraction of sp³-hybridized carbons (Fsp3) is 0.400. The van der Waals surface area contributed by atoms with Crippen LogP contribution in [0.15, 0.2) is 47.1 Å². The molecule has 3 rings (SSSR count). The number of nitrogens with zero attached hydrogens (tertiary/aromatic N) is 2. The van der Waals surface area contributed by atoms with Gasteiger partial charge in [0.2, 0.25) is 5.91 Å². The number of carbonyl (C=O) groups is 2. The van der Waals surface area contributed by atoms with E-state index in [-0.39, 0.29) is 17.7 Å². The molecule has 1 saturated heterocycles. The number of piperidine rings is 1. The summed E-state index contributed by atoms with van der Waals surface area (Å²) in [5, 5.41) is 0.618. The van der Waals surface area contributed by atoms with Crippen molar-refractivity contribution in [2.75, 3.05) is 33.3 Å². The number of hydrogen-bond donors (Lipinski definition) is 0. The number of carbonyl (C=O) groups excluding carboxylic acids is 2. The number of halogens is 1. The zero-order chi connectivity index (χ0) is 19.2. The van der Waals surface area contributed by atoms with Crippen LogP contribution in [-0.4, -0.2) is 54.9 Å². The summed E-state index contributed by atoms with van der Waals surface area (Å²) >= 11 is 5.93. The molecular weight excluding hydrogens is 368 g/mol. The van der Waals surface area contributed by atoms with Gasteiger partial charge in [-0.1, -0.05) is 17.7 Å². The molecular formula is C20H23ClN2O4. The lowest BCUT2D eigenvalue weighted by Crippen LogP contribution is -2.44. The normalized spacial score (nSPS) is 14.8. The van der Waals surface area contributed by atoms with Gasteiger partial charge in [-0.15, -0.1) is 0 Å². The molecule has 1 aromatic carbocycles. The molecule has 1 fully saturated rings. The molecule has 2 aromatic rings. The fourth-order valence-corrected chi connectivity index (χ4v) is 3.34. The van der Waals surface area contributed by atoms with Gasteiger partial charge < -0.3 is 19.0 Å². The van der Waals surface area contributed by atoms with Crippen molar-refractivity contribution in [1.82, 2.24) is 9.80 Å². The first-order valence-corrected chi connectivity index (χ1v) is 9.38. The molecule has 0 bridgehead atoms. The topological polar surface area (TPSA) is 63.0 Å². The Hall–Kier alpha value is -2.47. The highest BCUT2D eigenvalue weighted by atomic mass is 35.5. The summed E-state index contributed by atoms with van der Waals surface area (Å²) in [6.07, 6.45) is 2.81. The summed E-state index contributed by atoms with van der Waals surface area (Å²) in [6.45, 7) is 2.01. The van der Waals surface area contributed by atoms with Crippen LogP contribution in [0.25, 0.3) is 0 Å². The van der Waals surface area contributed by atoms with Crippen LogP contribution in [0.4, 0.5) is 0 Å². The lowest BCUT2D eigenvalue weighted by Gasteiger charge is -2.32. The minimum absolute atomic E-state index is 0.0678. The first-order valence-electron chi connectivity index (χ1n) is 9.00. The standard InChI is InChI=1S/C20H23ClN2O4/c1-22(11-13-26-17-5-2-4-16(21)14-17)19(24)15-7-9-23(10-8-15)20(25)18-6-3-12-27-18/h2-6,12,14-15H,7-11,13H2,1H3. The summed E-state index contributed by atoms with van der Waals surface area (Å²) in [4.78, 5) is 28.3. The molecule has 0 atom stereocenters. The van der Waals surface area contributed by atoms with Crippen LogP contribution in [0.2, 0.25) is 5.02 Å². The van der Waals surface area contributed by atoms with Crippen molar-refractivity contribution in [3.05, 3.63) is 53.4 Å². The Morgan fingerprint density at radius 2 is 2.04 bits per heavy atom. The van der Waals surface area contributed by atoms with Gasteiger partial charge in [-0.05, 0) is 43.2 Å². The minimum Gasteiger partial charge on any atom is -0.492 e. The van der Waals surface area contributed by atoms with Gasteiger partial charge in [0.15, 0.2) is 5.76 Å². The zero-order valence-corrected chi connectivity index (χ0v) is 16.0. The van der Waals surface area contributed by atoms with Gasteiger partial charge in [0, 0.05) is 31.1 Å². The monoisotopic (exact) mass is 390 g/mol. The van der Waals surface area contributed by atoms with Crippen LogP contribution < -0.4 is 4.74 Å². The molecule has 6 nitrogen and oxygen atoms in total. The lowest BCUT2D eigenvalue weighted by atomic mass is 9.95. The predicted molar refractivity (Wildman–Crippen MR) is 102 cm³/mol. The molecule has 0 saturated carbocycles. The van der Waals surface area contributed by atoms with E-state index in [0.29, 0.717) is 55.6 Å². The Balaban J connectivity index is 1.42. The average Bonchev–Trinajstić information content (AvgIpc) is 3.22. The summed E-state index contributed by atoms with van der Waals surface area (Å²) in [6, 6.07) is 10.5. The molecule has 0 radical (unpaired) electrons. The quantitative estimate of drug-likeness (QED) is 0.759. The number of ether oxygens (including phenoxy) is 1. The maximum Gasteiger partial charge on any atom is 0.289 e. The fourth-order valence-electron chi connectivity index (χ4n) is 3.16. The van der Waals surface area contributed by atoms with E-state index in [4.69, 9.17) is 20.8 Å². The summed E-state index contributed by atoms with van der Waals surface area (Å²) in [5.74, 6) is 0.939. The van der Waals surface area contributed by atoms with Gasteiger partial charge in [0.25, 0.3) is 5.91 Å². The third-order valence-electron chi connectivity index (χ3n) is 4.73. The second-order valence-electron chi connectivity index (χ2n) is 6.61. The van der Waals surface area contributed by atoms with E-state index < -0.39 is 0 Å². The number of amides is 2. The largest absolute Gasteiger partial charge is 0.492 e. The second kappa shape index (κ2) is 8.95. The number of hydrogen-bond acceptors (Lipinski definition) is 4. The molecule has 27 heavy (non-hydrogen) atoms. The van der Waals surface area contributed by atoms with Crippen molar-refractivity contribution >= 4 is 23.4 Å². The van der Waals surface area contributed by atoms with Gasteiger partial charge in [0.05, 0.1) is 12.8 Å². The van der Waals surface area contributed by atoms with Crippen molar-refractivity contribution in [2.24, 2.45) is 5.92 Å². The van der Waals surface area contributed by atoms with Gasteiger partial charge in [-0.2, -0.15) is 0 Å². The Kier molecular flexibility index (Phi) is 6.40. The molecule has 144 valence electrons. The van der Waals surface area contributed by atoms with E-state index in [1.165, 1.54) is 6.26 Å². The predicted octanol–water partition coefficient (Wildman–Crippen LogP) is 3.32. The Bertz CT molecular complexity index is 770. The van der Waals surface area contributed by atoms with E-state index in [1.54, 1.807) is 41.1 Å². The molecule has 2 amide bonds. The average molecular weight is 391 g/mol. The van der Waals surface area contributed by atoms with Crippen LogP contribution in [0, 0.1) is 5.92 Å². The van der Waals surface area contributed by atoms with Crippen molar-refractivity contribution in [3.63, 3.8) is 0 Å². The van der Waals surface area contributed by atoms with Crippen molar-refractivity contribution in [3.8, 4) is 5.75 Å². The third-order valence-corrected chi connectivity index (χ3v) is 4.97. The Morgan fingerprint density at radius 3 is 2.70 bits per heavy atom. The van der Waals surface area contributed by atoms with Crippen LogP contribution in [0.1, 0.15) is 23.4 Å². The van der Waals surface area contributed by atoms with E-state index in [9.17, 15) is 9.59 Å². The van der Waals surface area contributed by atoms with Crippen molar-refractivity contribution in [2.45, 2.75) is 12.8 Å². The van der Waals surface area contributed by atoms with Crippen LogP contribution in [0.3, 0.4) is 0 Å². The number of rotatable bonds is 6. The molecule has 0 unspecified atom stereocenters. The highest BCUT2D eigenvalue weighted by Gasteiger charge is 2.30. The van der Waals surface area contributed by atoms with Gasteiger partial charge >= 0.3 is 0 Å². The summed E-state index contributed by atoms with van der Waals surface area (Å²) in [7, 11) is 1.78. The minimum atomic E-state index is -0.117. The molecule has 1 aromatic heterocycles. The van der Waals surface area contributed by atoms with Gasteiger partial charge in [0.1, 0.15) is 12.4 Å². The van der Waals surface area contributed by atoms with Crippen LogP contribution >= 0.6 is 11.6 Å². The first-order chi connectivity index (χ1) is 13.0. The molecule has 7 heteroatoms. The number of likely N-dealkylation sites (N-methyl/N-ethyl adjacent to an activating group) is 1. The lowest BCUT2D eigenvalue weighted by molar-refractivity contribution is -0.135. The second-order valence-corrected chi connectivity index (χ2v) is 7.05. The molecule has 1 aliphatic heterocycles. The Labute approximate surface area is 163 Å². The molecule has 1 aliphatic rings. The maximum absolute atomic E-state index is 12.6. The zero-order valence-electron chi connectivity index (χ0n) is 15.3. The molecule has 0 N–H and O–H groups in total. The SMILES string of the molecule is CN(CCOc1cccc(Cl)c1)C(=O)C1CCN(C(=O)c2ccco2)CC1. The van der Waals surface area contributed by atoms with Gasteiger partial charge in [-0.25, -0.2) is 0 Å². The van der Waals surface area contributed by atoms with Gasteiger partial charge in [-0.3, -0.25) is 9.59 Å². The maximum atomic E-state index is 12.6. The molecule has 2 heterocycles. The van der Waals surface area contributed by atoms with E-state index in [1.807, 2.05) is 12.1 Å². The van der Waals surface area contributed by atoms with Crippen LogP contribution in [-0.2, 0) is 4.79 Å². The van der Waals surface area contributed by atoms with Crippen LogP contribution in [0.5, 0.6) is 5.75 Å². The molecule has 0 aliphatic carbocycles. The van der Waals surface area contributed by atoms with E-state index in [2.05, 4.69) is 0 Å². The summed E-state index contributed by atoms with van der Waals surface area (Å²) in [5.41, 5.74) is 0. The van der Waals surface area contributed by atoms with Crippen molar-refractivity contribution < 1.29 is 18.7 Å². The number of furan rings is 1. The number of likely N-dealkylation sites (tertiary alicyclic amines) is 1. The smallest absolute Gasteiger partial charge is 0.289 e. The van der Waals surface area contributed by atoms with E-state index in [0.717, 1.165) is 0 Å². The third kappa shape index (κ3) is 5.04. The highest BCUT2D eigenvalue weighted by molar-refractivity contribution is 6.30. The number of benzene rings is 1. The van der Waals surface area contributed by atoms with Crippen molar-refractivity contribution in [1.29, 1.82) is 0 Å².